The molecule has 1 saturated heterocycles. The van der Waals surface area contributed by atoms with Crippen LogP contribution >= 0.6 is 0 Å². The normalized spacial score (nSPS) is 24.0. The van der Waals surface area contributed by atoms with E-state index < -0.39 is 10.0 Å². The zero-order valence-corrected chi connectivity index (χ0v) is 15.1. The number of aromatic nitrogens is 1. The molecular formula is C18H19N3O4S. The highest BCUT2D eigenvalue weighted by atomic mass is 32.2. The van der Waals surface area contributed by atoms with Gasteiger partial charge in [-0.3, -0.25) is 9.78 Å². The van der Waals surface area contributed by atoms with Crippen LogP contribution in [0.2, 0.25) is 0 Å². The largest absolute Gasteiger partial charge is 0.490 e. The molecule has 0 bridgehead atoms. The van der Waals surface area contributed by atoms with Gasteiger partial charge < -0.3 is 10.1 Å². The molecule has 2 aliphatic rings. The summed E-state index contributed by atoms with van der Waals surface area (Å²) in [7, 11) is -3.65. The molecule has 1 amide bonds. The Bertz CT molecular complexity index is 943. The number of fused-ring (bicyclic) bond motifs is 2. The first kappa shape index (κ1) is 17.0. The lowest BCUT2D eigenvalue weighted by Crippen LogP contribution is -2.39. The van der Waals surface area contributed by atoms with Crippen LogP contribution < -0.4 is 10.1 Å². The summed E-state index contributed by atoms with van der Waals surface area (Å²) < 4.78 is 33.1. The van der Waals surface area contributed by atoms with Gasteiger partial charge in [-0.05, 0) is 37.6 Å². The van der Waals surface area contributed by atoms with E-state index in [4.69, 9.17) is 4.74 Å². The summed E-state index contributed by atoms with van der Waals surface area (Å²) >= 11 is 0. The third-order valence-electron chi connectivity index (χ3n) is 4.74. The smallest absolute Gasteiger partial charge is 0.253 e. The van der Waals surface area contributed by atoms with Crippen LogP contribution in [-0.2, 0) is 10.0 Å². The van der Waals surface area contributed by atoms with Crippen molar-refractivity contribution in [1.82, 2.24) is 14.6 Å². The maximum Gasteiger partial charge on any atom is 0.253 e. The zero-order valence-electron chi connectivity index (χ0n) is 14.3. The van der Waals surface area contributed by atoms with Crippen molar-refractivity contribution in [2.75, 3.05) is 13.2 Å². The molecule has 1 fully saturated rings. The van der Waals surface area contributed by atoms with E-state index in [1.165, 1.54) is 10.5 Å². The number of hydrogen-bond donors (Lipinski definition) is 1. The van der Waals surface area contributed by atoms with Crippen molar-refractivity contribution >= 4 is 15.9 Å². The molecule has 1 aromatic heterocycles. The molecule has 1 aromatic carbocycles. The van der Waals surface area contributed by atoms with Crippen LogP contribution in [0, 0.1) is 6.92 Å². The fourth-order valence-corrected chi connectivity index (χ4v) is 5.20. The van der Waals surface area contributed by atoms with Crippen molar-refractivity contribution in [3.8, 4) is 5.75 Å². The first-order valence-electron chi connectivity index (χ1n) is 8.42. The van der Waals surface area contributed by atoms with Gasteiger partial charge >= 0.3 is 0 Å². The molecule has 0 unspecified atom stereocenters. The number of rotatable bonds is 2. The molecule has 7 nitrogen and oxygen atoms in total. The highest BCUT2D eigenvalue weighted by molar-refractivity contribution is 7.89. The first-order valence-corrected chi connectivity index (χ1v) is 9.86. The van der Waals surface area contributed by atoms with Crippen molar-refractivity contribution in [3.63, 3.8) is 0 Å². The fourth-order valence-electron chi connectivity index (χ4n) is 3.40. The van der Waals surface area contributed by atoms with Crippen molar-refractivity contribution in [2.24, 2.45) is 0 Å². The quantitative estimate of drug-likeness (QED) is 0.858. The Hall–Kier alpha value is -2.45. The van der Waals surface area contributed by atoms with Gasteiger partial charge in [-0.2, -0.15) is 4.31 Å². The van der Waals surface area contributed by atoms with Crippen molar-refractivity contribution in [1.29, 1.82) is 0 Å². The number of pyridine rings is 1. The molecule has 0 radical (unpaired) electrons. The number of amides is 1. The van der Waals surface area contributed by atoms with Crippen LogP contribution in [0.25, 0.3) is 0 Å². The van der Waals surface area contributed by atoms with Gasteiger partial charge in [0.25, 0.3) is 5.91 Å². The van der Waals surface area contributed by atoms with E-state index in [2.05, 4.69) is 10.3 Å². The number of hydrogen-bond acceptors (Lipinski definition) is 5. The second-order valence-corrected chi connectivity index (χ2v) is 8.44. The molecule has 2 atom stereocenters. The molecule has 2 aromatic rings. The Morgan fingerprint density at radius 2 is 2.08 bits per heavy atom. The number of sulfonamides is 1. The number of nitrogens with one attached hydrogen (secondary N) is 1. The summed E-state index contributed by atoms with van der Waals surface area (Å²) in [5.74, 6) is 0.132. The molecule has 4 rings (SSSR count). The second-order valence-electron chi connectivity index (χ2n) is 6.58. The summed E-state index contributed by atoms with van der Waals surface area (Å²) in [5.41, 5.74) is 1.29. The minimum Gasteiger partial charge on any atom is -0.490 e. The van der Waals surface area contributed by atoms with Gasteiger partial charge in [0.05, 0.1) is 11.6 Å². The van der Waals surface area contributed by atoms with E-state index >= 15 is 0 Å². The summed E-state index contributed by atoms with van der Waals surface area (Å²) in [6.45, 7) is 2.35. The van der Waals surface area contributed by atoms with Gasteiger partial charge in [0, 0.05) is 24.5 Å². The van der Waals surface area contributed by atoms with Gasteiger partial charge in [0.15, 0.2) is 0 Å². The first-order chi connectivity index (χ1) is 12.4. The Balaban J connectivity index is 1.53. The maximum absolute atomic E-state index is 13.0. The van der Waals surface area contributed by atoms with E-state index in [-0.39, 0.29) is 36.0 Å². The molecule has 2 aliphatic heterocycles. The van der Waals surface area contributed by atoms with Crippen LogP contribution in [-0.4, -0.2) is 48.8 Å². The SMILES string of the molecule is Cc1ccc(C(=O)N[C@H]2C[C@H]3COc4ccccc4S(=O)(=O)N3C2)cn1. The number of carbonyl (C=O) groups is 1. The molecule has 0 spiro atoms. The molecule has 8 heteroatoms. The average Bonchev–Trinajstić information content (AvgIpc) is 3.00. The lowest BCUT2D eigenvalue weighted by molar-refractivity contribution is 0.0938. The topological polar surface area (TPSA) is 88.6 Å². The van der Waals surface area contributed by atoms with Crippen molar-refractivity contribution in [2.45, 2.75) is 30.3 Å². The summed E-state index contributed by atoms with van der Waals surface area (Å²) in [4.78, 5) is 16.7. The van der Waals surface area contributed by atoms with E-state index in [0.29, 0.717) is 17.7 Å². The minimum absolute atomic E-state index is 0.178. The van der Waals surface area contributed by atoms with Gasteiger partial charge in [-0.1, -0.05) is 12.1 Å². The third kappa shape index (κ3) is 2.95. The van der Waals surface area contributed by atoms with Gasteiger partial charge in [-0.25, -0.2) is 8.42 Å². The van der Waals surface area contributed by atoms with Crippen LogP contribution in [0.3, 0.4) is 0 Å². The van der Waals surface area contributed by atoms with Gasteiger partial charge in [-0.15, -0.1) is 0 Å². The Labute approximate surface area is 152 Å². The van der Waals surface area contributed by atoms with E-state index in [0.717, 1.165) is 5.69 Å². The van der Waals surface area contributed by atoms with Gasteiger partial charge in [0.2, 0.25) is 10.0 Å². The third-order valence-corrected chi connectivity index (χ3v) is 6.70. The highest BCUT2D eigenvalue weighted by Gasteiger charge is 2.44. The Morgan fingerprint density at radius 3 is 2.85 bits per heavy atom. The van der Waals surface area contributed by atoms with Crippen LogP contribution in [0.5, 0.6) is 5.75 Å². The Morgan fingerprint density at radius 1 is 1.27 bits per heavy atom. The molecule has 0 aliphatic carbocycles. The lowest BCUT2D eigenvalue weighted by atomic mass is 10.1. The van der Waals surface area contributed by atoms with Crippen LogP contribution in [0.15, 0.2) is 47.5 Å². The van der Waals surface area contributed by atoms with Crippen molar-refractivity contribution < 1.29 is 17.9 Å². The van der Waals surface area contributed by atoms with Crippen molar-refractivity contribution in [3.05, 3.63) is 53.9 Å². The van der Waals surface area contributed by atoms with Gasteiger partial charge in [0.1, 0.15) is 17.3 Å². The highest BCUT2D eigenvalue weighted by Crippen LogP contribution is 2.35. The summed E-state index contributed by atoms with van der Waals surface area (Å²) in [6, 6.07) is 9.57. The van der Waals surface area contributed by atoms with Crippen LogP contribution in [0.4, 0.5) is 0 Å². The van der Waals surface area contributed by atoms with E-state index in [1.807, 2.05) is 6.92 Å². The molecule has 3 heterocycles. The number of para-hydroxylation sites is 1. The molecular weight excluding hydrogens is 354 g/mol. The maximum atomic E-state index is 13.0. The number of aryl methyl sites for hydroxylation is 1. The molecule has 136 valence electrons. The van der Waals surface area contributed by atoms with Crippen LogP contribution in [0.1, 0.15) is 22.5 Å². The summed E-state index contributed by atoms with van der Waals surface area (Å²) in [6.07, 6.45) is 2.03. The number of nitrogens with zero attached hydrogens (tertiary/aromatic N) is 2. The zero-order chi connectivity index (χ0) is 18.3. The molecule has 0 saturated carbocycles. The average molecular weight is 373 g/mol. The molecule has 1 N–H and O–H groups in total. The number of carbonyl (C=O) groups excluding carboxylic acids is 1. The predicted octanol–water partition coefficient (Wildman–Crippen LogP) is 1.34. The number of ether oxygens (including phenoxy) is 1. The fraction of sp³-hybridized carbons (Fsp3) is 0.333. The number of benzene rings is 1. The minimum atomic E-state index is -3.65. The Kier molecular flexibility index (Phi) is 4.16. The summed E-state index contributed by atoms with van der Waals surface area (Å²) in [5, 5.41) is 2.91. The molecule has 26 heavy (non-hydrogen) atoms. The monoisotopic (exact) mass is 373 g/mol. The lowest BCUT2D eigenvalue weighted by Gasteiger charge is -2.19. The van der Waals surface area contributed by atoms with E-state index in [1.54, 1.807) is 36.4 Å². The standard InChI is InChI=1S/C18H19N3O4S/c1-12-6-7-13(9-19-12)18(22)20-14-8-15-11-25-16-4-2-3-5-17(16)26(23,24)21(15)10-14/h2-7,9,14-15H,8,10-11H2,1H3,(H,20,22)/t14-,15-/m0/s1. The second kappa shape index (κ2) is 6.37. The predicted molar refractivity (Wildman–Crippen MR) is 94.5 cm³/mol. The van der Waals surface area contributed by atoms with E-state index in [9.17, 15) is 13.2 Å².